The Labute approximate surface area is 92.6 Å². The lowest BCUT2D eigenvalue weighted by atomic mass is 9.88. The molecule has 0 amide bonds. The molecule has 0 rings (SSSR count). The van der Waals surface area contributed by atoms with E-state index in [0.29, 0.717) is 4.83 Å². The molecule has 0 aliphatic heterocycles. The van der Waals surface area contributed by atoms with Crippen molar-refractivity contribution in [2.75, 3.05) is 0 Å². The molecule has 1 heteroatoms. The van der Waals surface area contributed by atoms with Crippen LogP contribution in [0.1, 0.15) is 59.8 Å². The molecule has 0 N–H and O–H groups in total. The monoisotopic (exact) mass is 248 g/mol. The number of hydrogen-bond acceptors (Lipinski definition) is 0. The summed E-state index contributed by atoms with van der Waals surface area (Å²) in [6.07, 6.45) is 6.97. The molecule has 0 bridgehead atoms. The van der Waals surface area contributed by atoms with E-state index in [1.807, 2.05) is 0 Å². The Hall–Kier alpha value is 0.480. The maximum absolute atomic E-state index is 3.71. The van der Waals surface area contributed by atoms with Crippen molar-refractivity contribution in [3.05, 3.63) is 0 Å². The van der Waals surface area contributed by atoms with Gasteiger partial charge in [0.2, 0.25) is 0 Å². The molecule has 0 aromatic heterocycles. The third-order valence-electron chi connectivity index (χ3n) is 2.84. The van der Waals surface area contributed by atoms with Crippen LogP contribution in [0, 0.1) is 11.8 Å². The number of rotatable bonds is 7. The van der Waals surface area contributed by atoms with Crippen LogP contribution in [0.15, 0.2) is 0 Å². The fraction of sp³-hybridized carbons (Fsp3) is 1.00. The van der Waals surface area contributed by atoms with Crippen LogP contribution in [-0.2, 0) is 0 Å². The maximum atomic E-state index is 3.71. The van der Waals surface area contributed by atoms with Crippen LogP contribution in [0.5, 0.6) is 0 Å². The molecule has 80 valence electrons. The average Bonchev–Trinajstić information content (AvgIpc) is 2.02. The van der Waals surface area contributed by atoms with Gasteiger partial charge in [0.25, 0.3) is 0 Å². The van der Waals surface area contributed by atoms with Gasteiger partial charge in [0.1, 0.15) is 0 Å². The molecular formula is C12H25Br. The van der Waals surface area contributed by atoms with E-state index in [1.165, 1.54) is 32.1 Å². The first-order valence-electron chi connectivity index (χ1n) is 5.73. The molecule has 0 radical (unpaired) electrons. The fourth-order valence-electron chi connectivity index (χ4n) is 1.90. The van der Waals surface area contributed by atoms with Gasteiger partial charge < -0.3 is 0 Å². The van der Waals surface area contributed by atoms with Crippen LogP contribution in [0.2, 0.25) is 0 Å². The summed E-state index contributed by atoms with van der Waals surface area (Å²) in [5.41, 5.74) is 0. The third-order valence-corrected chi connectivity index (χ3v) is 3.52. The minimum Gasteiger partial charge on any atom is -0.0891 e. The van der Waals surface area contributed by atoms with E-state index < -0.39 is 0 Å². The van der Waals surface area contributed by atoms with Gasteiger partial charge in [0, 0.05) is 4.83 Å². The first-order valence-corrected chi connectivity index (χ1v) is 6.65. The van der Waals surface area contributed by atoms with Gasteiger partial charge in [-0.15, -0.1) is 0 Å². The summed E-state index contributed by atoms with van der Waals surface area (Å²) in [7, 11) is 0. The predicted octanol–water partition coefficient (Wildman–Crippen LogP) is 5.01. The SMILES string of the molecule is CCCCCCC(C(C)C)C(C)Br. The van der Waals surface area contributed by atoms with Crippen LogP contribution < -0.4 is 0 Å². The van der Waals surface area contributed by atoms with E-state index in [-0.39, 0.29) is 0 Å². The zero-order chi connectivity index (χ0) is 10.3. The van der Waals surface area contributed by atoms with Gasteiger partial charge in [0.15, 0.2) is 0 Å². The number of hydrogen-bond donors (Lipinski definition) is 0. The van der Waals surface area contributed by atoms with E-state index >= 15 is 0 Å². The number of unbranched alkanes of at least 4 members (excludes halogenated alkanes) is 3. The summed E-state index contributed by atoms with van der Waals surface area (Å²) in [4.78, 5) is 0.675. The highest BCUT2D eigenvalue weighted by Gasteiger charge is 2.17. The molecule has 0 nitrogen and oxygen atoms in total. The molecule has 0 aromatic rings. The third kappa shape index (κ3) is 6.54. The Bertz CT molecular complexity index is 99.7. The van der Waals surface area contributed by atoms with Crippen molar-refractivity contribution in [1.29, 1.82) is 0 Å². The van der Waals surface area contributed by atoms with Gasteiger partial charge in [-0.1, -0.05) is 69.3 Å². The van der Waals surface area contributed by atoms with Crippen LogP contribution in [0.4, 0.5) is 0 Å². The molecule has 0 heterocycles. The first-order chi connectivity index (χ1) is 6.09. The van der Waals surface area contributed by atoms with Crippen molar-refractivity contribution in [3.8, 4) is 0 Å². The second-order valence-electron chi connectivity index (χ2n) is 4.43. The molecule has 0 aliphatic rings. The van der Waals surface area contributed by atoms with E-state index in [0.717, 1.165) is 11.8 Å². The Morgan fingerprint density at radius 1 is 1.00 bits per heavy atom. The topological polar surface area (TPSA) is 0 Å². The Kier molecular flexibility index (Phi) is 8.13. The lowest BCUT2D eigenvalue weighted by Crippen LogP contribution is -2.17. The van der Waals surface area contributed by atoms with Gasteiger partial charge in [-0.25, -0.2) is 0 Å². The molecule has 2 unspecified atom stereocenters. The van der Waals surface area contributed by atoms with E-state index in [9.17, 15) is 0 Å². The van der Waals surface area contributed by atoms with Crippen molar-refractivity contribution >= 4 is 15.9 Å². The lowest BCUT2D eigenvalue weighted by Gasteiger charge is -2.23. The van der Waals surface area contributed by atoms with Gasteiger partial charge >= 0.3 is 0 Å². The summed E-state index contributed by atoms with van der Waals surface area (Å²) < 4.78 is 0. The van der Waals surface area contributed by atoms with Crippen molar-refractivity contribution in [2.24, 2.45) is 11.8 Å². The van der Waals surface area contributed by atoms with E-state index in [1.54, 1.807) is 0 Å². The minimum atomic E-state index is 0.675. The molecular weight excluding hydrogens is 224 g/mol. The van der Waals surface area contributed by atoms with Crippen LogP contribution in [-0.4, -0.2) is 4.83 Å². The quantitative estimate of drug-likeness (QED) is 0.439. The minimum absolute atomic E-state index is 0.675. The van der Waals surface area contributed by atoms with Gasteiger partial charge in [-0.3, -0.25) is 0 Å². The Morgan fingerprint density at radius 3 is 2.00 bits per heavy atom. The highest BCUT2D eigenvalue weighted by atomic mass is 79.9. The van der Waals surface area contributed by atoms with E-state index in [4.69, 9.17) is 0 Å². The highest BCUT2D eigenvalue weighted by Crippen LogP contribution is 2.26. The van der Waals surface area contributed by atoms with Crippen LogP contribution in [0.3, 0.4) is 0 Å². The van der Waals surface area contributed by atoms with Crippen molar-refractivity contribution in [2.45, 2.75) is 64.6 Å². The largest absolute Gasteiger partial charge is 0.0891 e. The second kappa shape index (κ2) is 7.84. The van der Waals surface area contributed by atoms with Gasteiger partial charge in [0.05, 0.1) is 0 Å². The first kappa shape index (κ1) is 13.5. The average molecular weight is 249 g/mol. The van der Waals surface area contributed by atoms with Crippen molar-refractivity contribution in [1.82, 2.24) is 0 Å². The number of alkyl halides is 1. The smallest absolute Gasteiger partial charge is 0.0148 e. The zero-order valence-electron chi connectivity index (χ0n) is 9.65. The predicted molar refractivity (Wildman–Crippen MR) is 65.5 cm³/mol. The van der Waals surface area contributed by atoms with Gasteiger partial charge in [-0.2, -0.15) is 0 Å². The molecule has 0 saturated heterocycles. The van der Waals surface area contributed by atoms with E-state index in [2.05, 4.69) is 43.6 Å². The summed E-state index contributed by atoms with van der Waals surface area (Å²) >= 11 is 3.71. The molecule has 2 atom stereocenters. The Morgan fingerprint density at radius 2 is 1.62 bits per heavy atom. The van der Waals surface area contributed by atoms with Crippen molar-refractivity contribution < 1.29 is 0 Å². The molecule has 0 spiro atoms. The second-order valence-corrected chi connectivity index (χ2v) is 5.88. The normalized spacial score (nSPS) is 16.2. The van der Waals surface area contributed by atoms with Crippen molar-refractivity contribution in [3.63, 3.8) is 0 Å². The summed E-state index contributed by atoms with van der Waals surface area (Å²) in [6, 6.07) is 0. The zero-order valence-corrected chi connectivity index (χ0v) is 11.2. The van der Waals surface area contributed by atoms with Crippen LogP contribution >= 0.6 is 15.9 Å². The summed E-state index contributed by atoms with van der Waals surface area (Å²) in [5, 5.41) is 0. The maximum Gasteiger partial charge on any atom is 0.0148 e. The molecule has 0 aromatic carbocycles. The fourth-order valence-corrected chi connectivity index (χ4v) is 2.77. The van der Waals surface area contributed by atoms with Gasteiger partial charge in [-0.05, 0) is 18.3 Å². The molecule has 0 aliphatic carbocycles. The Balaban J connectivity index is 3.58. The summed E-state index contributed by atoms with van der Waals surface area (Å²) in [5.74, 6) is 1.67. The molecule has 0 fully saturated rings. The lowest BCUT2D eigenvalue weighted by molar-refractivity contribution is 0.347. The number of halogens is 1. The highest BCUT2D eigenvalue weighted by molar-refractivity contribution is 9.09. The molecule has 13 heavy (non-hydrogen) atoms. The molecule has 0 saturated carbocycles. The van der Waals surface area contributed by atoms with Crippen LogP contribution in [0.25, 0.3) is 0 Å². The standard InChI is InChI=1S/C12H25Br/c1-5-6-7-8-9-12(10(2)3)11(4)13/h10-12H,5-9H2,1-4H3. The summed E-state index contributed by atoms with van der Waals surface area (Å²) in [6.45, 7) is 9.22.